The van der Waals surface area contributed by atoms with Gasteiger partial charge < -0.3 is 9.44 Å². The van der Waals surface area contributed by atoms with E-state index in [0.29, 0.717) is 11.0 Å². The second-order valence-electron chi connectivity index (χ2n) is 3.78. The number of fused-ring (bicyclic) bond motifs is 3. The van der Waals surface area contributed by atoms with E-state index in [1.807, 2.05) is 30.3 Å². The van der Waals surface area contributed by atoms with Gasteiger partial charge in [0.1, 0.15) is 11.2 Å². The monoisotopic (exact) mass is 228 g/mol. The first-order chi connectivity index (χ1) is 8.31. The predicted octanol–water partition coefficient (Wildman–Crippen LogP) is 1.76. The van der Waals surface area contributed by atoms with Gasteiger partial charge in [-0.25, -0.2) is 0 Å². The molecule has 0 amide bonds. The first-order valence-corrected chi connectivity index (χ1v) is 5.19. The van der Waals surface area contributed by atoms with Crippen LogP contribution < -0.4 is 5.46 Å². The number of furan rings is 1. The van der Waals surface area contributed by atoms with Crippen LogP contribution in [0.5, 0.6) is 0 Å². The van der Waals surface area contributed by atoms with Crippen LogP contribution in [0.2, 0.25) is 0 Å². The summed E-state index contributed by atoms with van der Waals surface area (Å²) in [5.74, 6) is 0. The average molecular weight is 228 g/mol. The third-order valence-corrected chi connectivity index (χ3v) is 2.80. The van der Waals surface area contributed by atoms with Gasteiger partial charge in [0.15, 0.2) is 0 Å². The molecule has 5 heteroatoms. The molecule has 3 rings (SSSR count). The van der Waals surface area contributed by atoms with Crippen molar-refractivity contribution in [3.63, 3.8) is 0 Å². The molecule has 0 saturated carbocycles. The van der Waals surface area contributed by atoms with Gasteiger partial charge in [-0.2, -0.15) is 0 Å². The van der Waals surface area contributed by atoms with Crippen LogP contribution >= 0.6 is 0 Å². The molecule has 3 aromatic rings. The average Bonchev–Trinajstić information content (AvgIpc) is 2.76. The van der Waals surface area contributed by atoms with Crippen LogP contribution in [-0.4, -0.2) is 17.4 Å². The van der Waals surface area contributed by atoms with Crippen LogP contribution in [0.4, 0.5) is 0 Å². The molecule has 84 valence electrons. The maximum Gasteiger partial charge on any atom is 0.526 e. The maximum atomic E-state index is 9.52. The van der Waals surface area contributed by atoms with Crippen LogP contribution in [0.3, 0.4) is 0 Å². The van der Waals surface area contributed by atoms with Crippen LogP contribution in [-0.2, 0) is 4.81 Å². The molecule has 0 radical (unpaired) electrons. The highest BCUT2D eigenvalue weighted by Crippen LogP contribution is 2.27. The van der Waals surface area contributed by atoms with Crippen molar-refractivity contribution in [2.75, 3.05) is 0 Å². The SMILES string of the molecule is OOB(O)c1cccc2c1oc1ccccc12. The second kappa shape index (κ2) is 3.89. The van der Waals surface area contributed by atoms with Gasteiger partial charge in [0.05, 0.1) is 0 Å². The van der Waals surface area contributed by atoms with Gasteiger partial charge in [0.2, 0.25) is 0 Å². The van der Waals surface area contributed by atoms with Gasteiger partial charge >= 0.3 is 7.12 Å². The van der Waals surface area contributed by atoms with E-state index in [1.165, 1.54) is 0 Å². The molecule has 0 aliphatic carbocycles. The van der Waals surface area contributed by atoms with Crippen molar-refractivity contribution >= 4 is 34.5 Å². The summed E-state index contributed by atoms with van der Waals surface area (Å²) in [7, 11) is -1.40. The molecule has 0 atom stereocenters. The van der Waals surface area contributed by atoms with Crippen LogP contribution in [0, 0.1) is 0 Å². The molecule has 0 fully saturated rings. The summed E-state index contributed by atoms with van der Waals surface area (Å²) >= 11 is 0. The highest BCUT2D eigenvalue weighted by atomic mass is 17.1. The largest absolute Gasteiger partial charge is 0.526 e. The lowest BCUT2D eigenvalue weighted by molar-refractivity contribution is -0.154. The van der Waals surface area contributed by atoms with E-state index in [0.717, 1.165) is 16.4 Å². The van der Waals surface area contributed by atoms with Gasteiger partial charge in [-0.15, -0.1) is 0 Å². The molecule has 1 heterocycles. The van der Waals surface area contributed by atoms with Crippen molar-refractivity contribution in [1.29, 1.82) is 0 Å². The smallest absolute Gasteiger partial charge is 0.456 e. The highest BCUT2D eigenvalue weighted by Gasteiger charge is 2.22. The Bertz CT molecular complexity index is 676. The molecule has 0 unspecified atom stereocenters. The van der Waals surface area contributed by atoms with Crippen LogP contribution in [0.25, 0.3) is 21.9 Å². The molecular formula is C12H9BO4. The molecular weight excluding hydrogens is 219 g/mol. The second-order valence-corrected chi connectivity index (χ2v) is 3.78. The van der Waals surface area contributed by atoms with E-state index < -0.39 is 7.12 Å². The number of rotatable bonds is 2. The van der Waals surface area contributed by atoms with Crippen molar-refractivity contribution in [3.05, 3.63) is 42.5 Å². The summed E-state index contributed by atoms with van der Waals surface area (Å²) in [4.78, 5) is 3.94. The summed E-state index contributed by atoms with van der Waals surface area (Å²) in [6.45, 7) is 0. The summed E-state index contributed by atoms with van der Waals surface area (Å²) in [6.07, 6.45) is 0. The number of hydrogen-bond donors (Lipinski definition) is 2. The zero-order chi connectivity index (χ0) is 11.8. The Morgan fingerprint density at radius 2 is 1.76 bits per heavy atom. The van der Waals surface area contributed by atoms with E-state index in [1.54, 1.807) is 12.1 Å². The molecule has 17 heavy (non-hydrogen) atoms. The minimum atomic E-state index is -1.40. The fraction of sp³-hybridized carbons (Fsp3) is 0. The van der Waals surface area contributed by atoms with Gasteiger partial charge in [-0.05, 0) is 6.07 Å². The third kappa shape index (κ3) is 1.52. The molecule has 0 bridgehead atoms. The Balaban J connectivity index is 2.39. The fourth-order valence-corrected chi connectivity index (χ4v) is 2.02. The first kappa shape index (κ1) is 10.3. The van der Waals surface area contributed by atoms with Crippen molar-refractivity contribution in [2.24, 2.45) is 0 Å². The summed E-state index contributed by atoms with van der Waals surface area (Å²) in [6, 6.07) is 12.9. The summed E-state index contributed by atoms with van der Waals surface area (Å²) in [5, 5.41) is 19.9. The third-order valence-electron chi connectivity index (χ3n) is 2.80. The molecule has 0 aliphatic heterocycles. The minimum absolute atomic E-state index is 0.404. The summed E-state index contributed by atoms with van der Waals surface area (Å²) < 4.78 is 5.66. The molecule has 1 aromatic heterocycles. The standard InChI is InChI=1S/C12H9BO4/c14-13(17-15)10-6-3-5-9-8-4-1-2-7-11(8)16-12(9)10/h1-7,14-15H. The fourth-order valence-electron chi connectivity index (χ4n) is 2.02. The normalized spacial score (nSPS) is 11.2. The van der Waals surface area contributed by atoms with Gasteiger partial charge in [0.25, 0.3) is 0 Å². The Labute approximate surface area is 97.1 Å². The van der Waals surface area contributed by atoms with Gasteiger partial charge in [0, 0.05) is 16.2 Å². The topological polar surface area (TPSA) is 62.8 Å². The molecule has 0 aliphatic rings. The highest BCUT2D eigenvalue weighted by molar-refractivity contribution is 6.62. The maximum absolute atomic E-state index is 9.52. The predicted molar refractivity (Wildman–Crippen MR) is 65.0 cm³/mol. The number of para-hydroxylation sites is 2. The van der Waals surface area contributed by atoms with Crippen molar-refractivity contribution in [2.45, 2.75) is 0 Å². The van der Waals surface area contributed by atoms with E-state index >= 15 is 0 Å². The van der Waals surface area contributed by atoms with E-state index in [-0.39, 0.29) is 0 Å². The van der Waals surface area contributed by atoms with Gasteiger partial charge in [-0.3, -0.25) is 10.1 Å². The van der Waals surface area contributed by atoms with Crippen molar-refractivity contribution in [1.82, 2.24) is 0 Å². The Morgan fingerprint density at radius 1 is 1.00 bits per heavy atom. The lowest BCUT2D eigenvalue weighted by atomic mass is 9.79. The van der Waals surface area contributed by atoms with Crippen molar-refractivity contribution < 1.29 is 19.5 Å². The lowest BCUT2D eigenvalue weighted by Gasteiger charge is -2.01. The number of benzene rings is 2. The molecule has 0 spiro atoms. The minimum Gasteiger partial charge on any atom is -0.456 e. The Kier molecular flexibility index (Phi) is 2.37. The number of hydrogen-bond acceptors (Lipinski definition) is 4. The quantitative estimate of drug-likeness (QED) is 0.398. The summed E-state index contributed by atoms with van der Waals surface area (Å²) in [5.41, 5.74) is 1.66. The van der Waals surface area contributed by atoms with E-state index in [2.05, 4.69) is 4.81 Å². The first-order valence-electron chi connectivity index (χ1n) is 5.19. The zero-order valence-electron chi connectivity index (χ0n) is 8.83. The molecule has 2 aromatic carbocycles. The molecule has 0 saturated heterocycles. The lowest BCUT2D eigenvalue weighted by Crippen LogP contribution is -2.32. The molecule has 2 N–H and O–H groups in total. The van der Waals surface area contributed by atoms with E-state index in [9.17, 15) is 5.02 Å². The van der Waals surface area contributed by atoms with Gasteiger partial charge in [-0.1, -0.05) is 36.4 Å². The zero-order valence-corrected chi connectivity index (χ0v) is 8.83. The Morgan fingerprint density at radius 3 is 2.59 bits per heavy atom. The van der Waals surface area contributed by atoms with Crippen LogP contribution in [0.15, 0.2) is 46.9 Å². The van der Waals surface area contributed by atoms with Crippen LogP contribution in [0.1, 0.15) is 0 Å². The Hall–Kier alpha value is -1.82. The van der Waals surface area contributed by atoms with Crippen molar-refractivity contribution in [3.8, 4) is 0 Å². The molecule has 4 nitrogen and oxygen atoms in total. The van der Waals surface area contributed by atoms with E-state index in [4.69, 9.17) is 9.67 Å².